The zero-order chi connectivity index (χ0) is 14.4. The van der Waals surface area contributed by atoms with E-state index in [1.165, 1.54) is 0 Å². The molecule has 0 bridgehead atoms. The monoisotopic (exact) mass is 271 g/mol. The molecule has 0 fully saturated rings. The maximum atomic E-state index is 9.38. The predicted octanol–water partition coefficient (Wildman–Crippen LogP) is 3.75. The molecule has 2 aromatic rings. The van der Waals surface area contributed by atoms with Gasteiger partial charge in [0.25, 0.3) is 0 Å². The Hall–Kier alpha value is -2.00. The summed E-state index contributed by atoms with van der Waals surface area (Å²) in [5.41, 5.74) is 2.96. The van der Waals surface area contributed by atoms with Gasteiger partial charge in [-0.2, -0.15) is 0 Å². The van der Waals surface area contributed by atoms with E-state index in [9.17, 15) is 5.11 Å². The molecule has 0 radical (unpaired) electrons. The molecular weight excluding hydrogens is 250 g/mol. The summed E-state index contributed by atoms with van der Waals surface area (Å²) in [6.45, 7) is 4.75. The minimum atomic E-state index is 0.0308. The molecule has 0 aliphatic rings. The first-order chi connectivity index (χ1) is 9.76. The predicted molar refractivity (Wildman–Crippen MR) is 82.0 cm³/mol. The van der Waals surface area contributed by atoms with Gasteiger partial charge < -0.3 is 15.2 Å². The summed E-state index contributed by atoms with van der Waals surface area (Å²) in [4.78, 5) is 0. The molecule has 106 valence electrons. The second-order valence-corrected chi connectivity index (χ2v) is 4.65. The van der Waals surface area contributed by atoms with E-state index in [4.69, 9.17) is 4.74 Å². The van der Waals surface area contributed by atoms with E-state index in [-0.39, 0.29) is 12.6 Å². The molecule has 3 nitrogen and oxygen atoms in total. The van der Waals surface area contributed by atoms with Crippen LogP contribution >= 0.6 is 0 Å². The summed E-state index contributed by atoms with van der Waals surface area (Å²) < 4.78 is 5.66. The first-order valence-electron chi connectivity index (χ1n) is 6.93. The summed E-state index contributed by atoms with van der Waals surface area (Å²) in [5.74, 6) is 0.900. The van der Waals surface area contributed by atoms with E-state index in [0.29, 0.717) is 6.61 Å². The van der Waals surface area contributed by atoms with Crippen molar-refractivity contribution in [2.45, 2.75) is 26.5 Å². The molecule has 3 heteroatoms. The van der Waals surface area contributed by atoms with Gasteiger partial charge in [-0.15, -0.1) is 0 Å². The van der Waals surface area contributed by atoms with Crippen molar-refractivity contribution < 1.29 is 9.84 Å². The number of para-hydroxylation sites is 2. The number of ether oxygens (including phenoxy) is 1. The fourth-order valence-corrected chi connectivity index (χ4v) is 2.24. The molecule has 0 saturated heterocycles. The third kappa shape index (κ3) is 3.31. The minimum Gasteiger partial charge on any atom is -0.494 e. The highest BCUT2D eigenvalue weighted by atomic mass is 16.5. The molecule has 0 aliphatic heterocycles. The molecule has 0 heterocycles. The van der Waals surface area contributed by atoms with Crippen LogP contribution in [-0.2, 0) is 6.61 Å². The molecule has 0 saturated carbocycles. The topological polar surface area (TPSA) is 41.5 Å². The first kappa shape index (κ1) is 14.4. The number of rotatable bonds is 6. The number of aliphatic hydroxyl groups excluding tert-OH is 1. The SMILES string of the molecule is CCOc1ccccc1C(C)Nc1ccccc1CO. The van der Waals surface area contributed by atoms with Crippen LogP contribution < -0.4 is 10.1 Å². The number of anilines is 1. The number of nitrogens with one attached hydrogen (secondary N) is 1. The molecule has 2 rings (SSSR count). The van der Waals surface area contributed by atoms with Crippen LogP contribution in [0.3, 0.4) is 0 Å². The van der Waals surface area contributed by atoms with Gasteiger partial charge in [0.15, 0.2) is 0 Å². The van der Waals surface area contributed by atoms with Crippen molar-refractivity contribution in [2.24, 2.45) is 0 Å². The van der Waals surface area contributed by atoms with Crippen molar-refractivity contribution >= 4 is 5.69 Å². The lowest BCUT2D eigenvalue weighted by atomic mass is 10.1. The smallest absolute Gasteiger partial charge is 0.124 e. The summed E-state index contributed by atoms with van der Waals surface area (Å²) in [5, 5.41) is 12.8. The Balaban J connectivity index is 2.21. The van der Waals surface area contributed by atoms with E-state index >= 15 is 0 Å². The Morgan fingerprint density at radius 2 is 1.80 bits per heavy atom. The largest absolute Gasteiger partial charge is 0.494 e. The highest BCUT2D eigenvalue weighted by molar-refractivity contribution is 5.53. The Morgan fingerprint density at radius 1 is 1.10 bits per heavy atom. The van der Waals surface area contributed by atoms with Gasteiger partial charge in [0.05, 0.1) is 19.3 Å². The van der Waals surface area contributed by atoms with Crippen LogP contribution in [0.15, 0.2) is 48.5 Å². The lowest BCUT2D eigenvalue weighted by molar-refractivity contribution is 0.282. The van der Waals surface area contributed by atoms with E-state index in [2.05, 4.69) is 18.3 Å². The first-order valence-corrected chi connectivity index (χ1v) is 6.93. The zero-order valence-electron chi connectivity index (χ0n) is 12.0. The average molecular weight is 271 g/mol. The number of aliphatic hydroxyl groups is 1. The van der Waals surface area contributed by atoms with Crippen molar-refractivity contribution in [1.29, 1.82) is 0 Å². The molecule has 1 atom stereocenters. The number of hydrogen-bond donors (Lipinski definition) is 2. The lowest BCUT2D eigenvalue weighted by Gasteiger charge is -2.20. The Kier molecular flexibility index (Phi) is 5.02. The Labute approximate surface area is 120 Å². The van der Waals surface area contributed by atoms with E-state index in [0.717, 1.165) is 22.6 Å². The van der Waals surface area contributed by atoms with Gasteiger partial charge in [0.2, 0.25) is 0 Å². The van der Waals surface area contributed by atoms with E-state index in [1.807, 2.05) is 49.4 Å². The summed E-state index contributed by atoms with van der Waals surface area (Å²) >= 11 is 0. The van der Waals surface area contributed by atoms with Gasteiger partial charge in [-0.3, -0.25) is 0 Å². The molecule has 0 aliphatic carbocycles. The molecule has 1 unspecified atom stereocenters. The maximum absolute atomic E-state index is 9.38. The highest BCUT2D eigenvalue weighted by Crippen LogP contribution is 2.28. The van der Waals surface area contributed by atoms with Crippen LogP contribution in [0, 0.1) is 0 Å². The summed E-state index contributed by atoms with van der Waals surface area (Å²) in [6, 6.07) is 15.9. The van der Waals surface area contributed by atoms with E-state index in [1.54, 1.807) is 0 Å². The van der Waals surface area contributed by atoms with E-state index < -0.39 is 0 Å². The van der Waals surface area contributed by atoms with Crippen molar-refractivity contribution in [3.05, 3.63) is 59.7 Å². The van der Waals surface area contributed by atoms with Gasteiger partial charge >= 0.3 is 0 Å². The second-order valence-electron chi connectivity index (χ2n) is 4.65. The van der Waals surface area contributed by atoms with Crippen molar-refractivity contribution in [3.63, 3.8) is 0 Å². The van der Waals surface area contributed by atoms with Gasteiger partial charge in [0.1, 0.15) is 5.75 Å². The zero-order valence-corrected chi connectivity index (χ0v) is 12.0. The standard InChI is InChI=1S/C17H21NO2/c1-3-20-17-11-7-5-9-15(17)13(2)18-16-10-6-4-8-14(16)12-19/h4-11,13,18-19H,3,12H2,1-2H3. The molecule has 2 aromatic carbocycles. The minimum absolute atomic E-state index is 0.0308. The van der Waals surface area contributed by atoms with Crippen LogP contribution in [0.1, 0.15) is 31.0 Å². The van der Waals surface area contributed by atoms with Gasteiger partial charge in [-0.25, -0.2) is 0 Å². The molecule has 0 aromatic heterocycles. The van der Waals surface area contributed by atoms with Crippen LogP contribution in [0.4, 0.5) is 5.69 Å². The van der Waals surface area contributed by atoms with Crippen LogP contribution in [0.5, 0.6) is 5.75 Å². The Bertz CT molecular complexity index is 554. The van der Waals surface area contributed by atoms with Crippen LogP contribution in [0.25, 0.3) is 0 Å². The van der Waals surface area contributed by atoms with Crippen LogP contribution in [0.2, 0.25) is 0 Å². The number of hydrogen-bond acceptors (Lipinski definition) is 3. The summed E-state index contributed by atoms with van der Waals surface area (Å²) in [7, 11) is 0. The van der Waals surface area contributed by atoms with Crippen molar-refractivity contribution in [3.8, 4) is 5.75 Å². The number of benzene rings is 2. The molecule has 2 N–H and O–H groups in total. The van der Waals surface area contributed by atoms with Crippen molar-refractivity contribution in [1.82, 2.24) is 0 Å². The molecule has 20 heavy (non-hydrogen) atoms. The molecule has 0 amide bonds. The fraction of sp³-hybridized carbons (Fsp3) is 0.294. The normalized spacial score (nSPS) is 11.9. The average Bonchev–Trinajstić information content (AvgIpc) is 2.48. The quantitative estimate of drug-likeness (QED) is 0.840. The summed E-state index contributed by atoms with van der Waals surface area (Å²) in [6.07, 6.45) is 0. The lowest BCUT2D eigenvalue weighted by Crippen LogP contribution is -2.10. The maximum Gasteiger partial charge on any atom is 0.124 e. The van der Waals surface area contributed by atoms with Crippen molar-refractivity contribution in [2.75, 3.05) is 11.9 Å². The third-order valence-corrected chi connectivity index (χ3v) is 3.25. The van der Waals surface area contributed by atoms with Gasteiger partial charge in [0, 0.05) is 16.8 Å². The Morgan fingerprint density at radius 3 is 2.55 bits per heavy atom. The molecule has 0 spiro atoms. The molecular formula is C17H21NO2. The highest BCUT2D eigenvalue weighted by Gasteiger charge is 2.12. The third-order valence-electron chi connectivity index (χ3n) is 3.25. The van der Waals surface area contributed by atoms with Gasteiger partial charge in [-0.05, 0) is 26.0 Å². The fourth-order valence-electron chi connectivity index (χ4n) is 2.24. The second kappa shape index (κ2) is 6.96. The van der Waals surface area contributed by atoms with Gasteiger partial charge in [-0.1, -0.05) is 36.4 Å². The van der Waals surface area contributed by atoms with Crippen LogP contribution in [-0.4, -0.2) is 11.7 Å².